The summed E-state index contributed by atoms with van der Waals surface area (Å²) in [5.74, 6) is 2.24. The van der Waals surface area contributed by atoms with Gasteiger partial charge in [0.05, 0.1) is 14.2 Å². The molecule has 0 bridgehead atoms. The molecule has 28 heavy (non-hydrogen) atoms. The first kappa shape index (κ1) is 18.9. The summed E-state index contributed by atoms with van der Waals surface area (Å²) in [5, 5.41) is 4.38. The highest BCUT2D eigenvalue weighted by molar-refractivity contribution is 9.10. The predicted octanol–water partition coefficient (Wildman–Crippen LogP) is 5.10. The summed E-state index contributed by atoms with van der Waals surface area (Å²) in [5.41, 5.74) is 3.06. The summed E-state index contributed by atoms with van der Waals surface area (Å²) < 4.78 is 11.9. The van der Waals surface area contributed by atoms with Crippen LogP contribution in [-0.4, -0.2) is 31.2 Å². The van der Waals surface area contributed by atoms with E-state index in [2.05, 4.69) is 42.2 Å². The zero-order chi connectivity index (χ0) is 19.7. The molecule has 0 spiro atoms. The standard InChI is InChI=1S/C20H19BrN4O2S/c1-25(14-6-4-5-13(21)8-14)19-18-20(24-11-23-19)28-17-9-16(27-3)15(26-2)7-12(17)10-22-18/h4-9,11,22H,10H2,1-3H3. The molecule has 0 atom stereocenters. The molecule has 0 saturated heterocycles. The average Bonchev–Trinajstić information content (AvgIpc) is 2.90. The molecule has 144 valence electrons. The molecule has 0 saturated carbocycles. The molecule has 0 unspecified atom stereocenters. The van der Waals surface area contributed by atoms with Crippen LogP contribution in [0.4, 0.5) is 17.2 Å². The van der Waals surface area contributed by atoms with E-state index in [0.717, 1.165) is 37.2 Å². The van der Waals surface area contributed by atoms with Crippen LogP contribution in [0.5, 0.6) is 11.5 Å². The maximum atomic E-state index is 5.46. The third kappa shape index (κ3) is 3.49. The van der Waals surface area contributed by atoms with E-state index in [1.165, 1.54) is 0 Å². The van der Waals surface area contributed by atoms with E-state index in [4.69, 9.17) is 9.47 Å². The zero-order valence-corrected chi connectivity index (χ0v) is 18.1. The fourth-order valence-corrected chi connectivity index (χ4v) is 4.47. The lowest BCUT2D eigenvalue weighted by Gasteiger charge is -2.22. The van der Waals surface area contributed by atoms with E-state index < -0.39 is 0 Å². The second kappa shape index (κ2) is 7.89. The Morgan fingerprint density at radius 1 is 1.11 bits per heavy atom. The summed E-state index contributed by atoms with van der Waals surface area (Å²) in [7, 11) is 5.29. The summed E-state index contributed by atoms with van der Waals surface area (Å²) in [6.07, 6.45) is 1.60. The van der Waals surface area contributed by atoms with Gasteiger partial charge in [0.2, 0.25) is 0 Å². The van der Waals surface area contributed by atoms with Crippen molar-refractivity contribution in [2.45, 2.75) is 16.5 Å². The topological polar surface area (TPSA) is 59.5 Å². The minimum absolute atomic E-state index is 0.641. The number of ether oxygens (including phenoxy) is 2. The van der Waals surface area contributed by atoms with Crippen molar-refractivity contribution in [1.29, 1.82) is 0 Å². The van der Waals surface area contributed by atoms with Crippen molar-refractivity contribution in [3.63, 3.8) is 0 Å². The summed E-state index contributed by atoms with van der Waals surface area (Å²) in [4.78, 5) is 12.2. The van der Waals surface area contributed by atoms with Gasteiger partial charge in [0.1, 0.15) is 17.0 Å². The molecule has 0 amide bonds. The van der Waals surface area contributed by atoms with Gasteiger partial charge in [0.25, 0.3) is 0 Å². The van der Waals surface area contributed by atoms with Crippen molar-refractivity contribution in [2.75, 3.05) is 31.5 Å². The Morgan fingerprint density at radius 3 is 2.64 bits per heavy atom. The Bertz CT molecular complexity index is 1030. The molecule has 1 N–H and O–H groups in total. The summed E-state index contributed by atoms with van der Waals surface area (Å²) >= 11 is 5.13. The van der Waals surface area contributed by atoms with Crippen LogP contribution in [0.15, 0.2) is 57.1 Å². The number of halogens is 1. The first-order valence-corrected chi connectivity index (χ1v) is 10.2. The van der Waals surface area contributed by atoms with Gasteiger partial charge in [-0.15, -0.1) is 0 Å². The van der Waals surface area contributed by atoms with E-state index in [9.17, 15) is 0 Å². The molecule has 0 radical (unpaired) electrons. The minimum atomic E-state index is 0.641. The van der Waals surface area contributed by atoms with Gasteiger partial charge < -0.3 is 19.7 Å². The van der Waals surface area contributed by atoms with E-state index in [-0.39, 0.29) is 0 Å². The number of nitrogens with zero attached hydrogens (tertiary/aromatic N) is 3. The number of rotatable bonds is 4. The molecular formula is C20H19BrN4O2S. The highest BCUT2D eigenvalue weighted by Gasteiger charge is 2.23. The monoisotopic (exact) mass is 458 g/mol. The average molecular weight is 459 g/mol. The highest BCUT2D eigenvalue weighted by atomic mass is 79.9. The minimum Gasteiger partial charge on any atom is -0.493 e. The zero-order valence-electron chi connectivity index (χ0n) is 15.7. The number of hydrogen-bond acceptors (Lipinski definition) is 7. The fourth-order valence-electron chi connectivity index (χ4n) is 3.08. The van der Waals surface area contributed by atoms with Gasteiger partial charge in [-0.2, -0.15) is 0 Å². The molecule has 8 heteroatoms. The van der Waals surface area contributed by atoms with E-state index in [1.54, 1.807) is 32.3 Å². The van der Waals surface area contributed by atoms with Gasteiger partial charge in [-0.05, 0) is 35.9 Å². The van der Waals surface area contributed by atoms with Crippen molar-refractivity contribution in [1.82, 2.24) is 9.97 Å². The second-order valence-corrected chi connectivity index (χ2v) is 8.13. The lowest BCUT2D eigenvalue weighted by molar-refractivity contribution is 0.353. The van der Waals surface area contributed by atoms with Crippen LogP contribution < -0.4 is 19.7 Å². The normalized spacial score (nSPS) is 12.3. The molecule has 1 aliphatic heterocycles. The number of benzene rings is 2. The molecule has 2 aromatic carbocycles. The maximum Gasteiger partial charge on any atom is 0.161 e. The van der Waals surface area contributed by atoms with Gasteiger partial charge >= 0.3 is 0 Å². The Morgan fingerprint density at radius 2 is 1.89 bits per heavy atom. The predicted molar refractivity (Wildman–Crippen MR) is 115 cm³/mol. The highest BCUT2D eigenvalue weighted by Crippen LogP contribution is 2.45. The Kier molecular flexibility index (Phi) is 5.32. The third-order valence-electron chi connectivity index (χ3n) is 4.53. The molecule has 0 fully saturated rings. The van der Waals surface area contributed by atoms with Crippen molar-refractivity contribution in [3.8, 4) is 11.5 Å². The first-order valence-electron chi connectivity index (χ1n) is 8.61. The van der Waals surface area contributed by atoms with Gasteiger partial charge in [-0.25, -0.2) is 9.97 Å². The van der Waals surface area contributed by atoms with Gasteiger partial charge in [0, 0.05) is 28.6 Å². The van der Waals surface area contributed by atoms with Crippen LogP contribution in [0.1, 0.15) is 5.56 Å². The van der Waals surface area contributed by atoms with E-state index in [0.29, 0.717) is 18.0 Å². The molecule has 0 aliphatic carbocycles. The largest absolute Gasteiger partial charge is 0.493 e. The van der Waals surface area contributed by atoms with Crippen LogP contribution >= 0.6 is 27.7 Å². The second-order valence-electron chi connectivity index (χ2n) is 6.19. The first-order chi connectivity index (χ1) is 13.6. The number of methoxy groups -OCH3 is 2. The van der Waals surface area contributed by atoms with Crippen LogP contribution in [0.3, 0.4) is 0 Å². The van der Waals surface area contributed by atoms with Crippen LogP contribution in [-0.2, 0) is 6.54 Å². The fraction of sp³-hybridized carbons (Fsp3) is 0.200. The Labute approximate surface area is 176 Å². The number of aromatic nitrogens is 2. The lowest BCUT2D eigenvalue weighted by atomic mass is 10.2. The SMILES string of the molecule is COc1cc2c(cc1OC)Sc1ncnc(N(C)c3cccc(Br)c3)c1NC2. The quantitative estimate of drug-likeness (QED) is 0.545. The van der Waals surface area contributed by atoms with Crippen molar-refractivity contribution < 1.29 is 9.47 Å². The summed E-state index contributed by atoms with van der Waals surface area (Å²) in [6, 6.07) is 12.1. The lowest BCUT2D eigenvalue weighted by Crippen LogP contribution is -2.15. The van der Waals surface area contributed by atoms with Crippen molar-refractivity contribution in [2.24, 2.45) is 0 Å². The number of anilines is 3. The number of fused-ring (bicyclic) bond motifs is 2. The van der Waals surface area contributed by atoms with E-state index >= 15 is 0 Å². The molecule has 1 aromatic heterocycles. The molecule has 1 aliphatic rings. The Balaban J connectivity index is 1.74. The van der Waals surface area contributed by atoms with Gasteiger partial charge in [0.15, 0.2) is 17.3 Å². The number of nitrogens with one attached hydrogen (secondary N) is 1. The molecule has 4 rings (SSSR count). The number of hydrogen-bond donors (Lipinski definition) is 1. The molecule has 6 nitrogen and oxygen atoms in total. The third-order valence-corrected chi connectivity index (χ3v) is 6.13. The Hall–Kier alpha value is -2.45. The van der Waals surface area contributed by atoms with Gasteiger partial charge in [-0.3, -0.25) is 0 Å². The van der Waals surface area contributed by atoms with E-state index in [1.807, 2.05) is 37.4 Å². The summed E-state index contributed by atoms with van der Waals surface area (Å²) in [6.45, 7) is 0.641. The van der Waals surface area contributed by atoms with Crippen LogP contribution in [0, 0.1) is 0 Å². The van der Waals surface area contributed by atoms with Crippen molar-refractivity contribution >= 4 is 44.9 Å². The van der Waals surface area contributed by atoms with Crippen LogP contribution in [0.25, 0.3) is 0 Å². The van der Waals surface area contributed by atoms with Gasteiger partial charge in [-0.1, -0.05) is 33.8 Å². The molecular weight excluding hydrogens is 440 g/mol. The molecule has 3 aromatic rings. The molecule has 2 heterocycles. The van der Waals surface area contributed by atoms with Crippen molar-refractivity contribution in [3.05, 3.63) is 52.8 Å². The van der Waals surface area contributed by atoms with Crippen LogP contribution in [0.2, 0.25) is 0 Å². The smallest absolute Gasteiger partial charge is 0.161 e. The maximum absolute atomic E-state index is 5.46.